The summed E-state index contributed by atoms with van der Waals surface area (Å²) in [7, 11) is 0. The Morgan fingerprint density at radius 1 is 0.848 bits per heavy atom. The molecule has 1 atom stereocenters. The van der Waals surface area contributed by atoms with E-state index in [4.69, 9.17) is 9.52 Å². The summed E-state index contributed by atoms with van der Waals surface area (Å²) in [5, 5.41) is 13.0. The Bertz CT molecular complexity index is 1810. The van der Waals surface area contributed by atoms with Crippen molar-refractivity contribution < 1.29 is 23.9 Å². The second-order valence-electron chi connectivity index (χ2n) is 12.7. The van der Waals surface area contributed by atoms with Crippen LogP contribution in [0.1, 0.15) is 73.0 Å². The Morgan fingerprint density at radius 3 is 2.20 bits per heavy atom. The SMILES string of the molecule is CC(C)(C)/C=C/c1ccc(C(Cc2ccc(C(=O)CCCC(=O)O)cc2)C(=O)Nc2ccc(-c3cc4ccccc4o3)cc2)cc1. The van der Waals surface area contributed by atoms with Crippen molar-refractivity contribution in [1.82, 2.24) is 0 Å². The van der Waals surface area contributed by atoms with Crippen LogP contribution in [-0.4, -0.2) is 22.8 Å². The lowest BCUT2D eigenvalue weighted by Gasteiger charge is -2.18. The van der Waals surface area contributed by atoms with Crippen LogP contribution in [0.5, 0.6) is 0 Å². The summed E-state index contributed by atoms with van der Waals surface area (Å²) in [6.07, 6.45) is 5.14. The average molecular weight is 614 g/mol. The molecule has 1 unspecified atom stereocenters. The molecule has 0 fully saturated rings. The van der Waals surface area contributed by atoms with E-state index in [0.717, 1.165) is 39.0 Å². The van der Waals surface area contributed by atoms with Crippen molar-refractivity contribution in [2.24, 2.45) is 5.41 Å². The van der Waals surface area contributed by atoms with Gasteiger partial charge in [0.1, 0.15) is 11.3 Å². The molecule has 0 aliphatic carbocycles. The normalized spacial score (nSPS) is 12.3. The highest BCUT2D eigenvalue weighted by Crippen LogP contribution is 2.30. The molecule has 0 aliphatic rings. The number of aliphatic carboxylic acids is 1. The number of carbonyl (C=O) groups is 3. The zero-order valence-corrected chi connectivity index (χ0v) is 26.5. The Balaban J connectivity index is 1.34. The van der Waals surface area contributed by atoms with E-state index < -0.39 is 11.9 Å². The van der Waals surface area contributed by atoms with Gasteiger partial charge >= 0.3 is 5.97 Å². The fourth-order valence-corrected chi connectivity index (χ4v) is 5.23. The highest BCUT2D eigenvalue weighted by molar-refractivity contribution is 5.97. The van der Waals surface area contributed by atoms with Crippen LogP contribution in [0.4, 0.5) is 5.69 Å². The molecule has 6 nitrogen and oxygen atoms in total. The quantitative estimate of drug-likeness (QED) is 0.137. The molecule has 0 spiro atoms. The minimum absolute atomic E-state index is 0.0337. The molecular weight excluding hydrogens is 574 g/mol. The number of carbonyl (C=O) groups excluding carboxylic acids is 2. The number of anilines is 1. The van der Waals surface area contributed by atoms with E-state index in [1.54, 1.807) is 12.1 Å². The minimum Gasteiger partial charge on any atom is -0.481 e. The third-order valence-corrected chi connectivity index (χ3v) is 7.80. The first-order valence-electron chi connectivity index (χ1n) is 15.6. The van der Waals surface area contributed by atoms with Crippen LogP contribution in [0.15, 0.2) is 114 Å². The van der Waals surface area contributed by atoms with Crippen LogP contribution in [0.25, 0.3) is 28.4 Å². The number of amides is 1. The maximum atomic E-state index is 13.8. The van der Waals surface area contributed by atoms with Gasteiger partial charge in [-0.05, 0) is 71.3 Å². The van der Waals surface area contributed by atoms with Gasteiger partial charge in [-0.15, -0.1) is 0 Å². The molecule has 0 saturated heterocycles. The predicted octanol–water partition coefficient (Wildman–Crippen LogP) is 9.56. The van der Waals surface area contributed by atoms with Gasteiger partial charge < -0.3 is 14.8 Å². The highest BCUT2D eigenvalue weighted by Gasteiger charge is 2.22. The lowest BCUT2D eigenvalue weighted by atomic mass is 9.89. The minimum atomic E-state index is -0.909. The number of carboxylic acids is 1. The topological polar surface area (TPSA) is 96.6 Å². The number of fused-ring (bicyclic) bond motifs is 1. The molecule has 46 heavy (non-hydrogen) atoms. The molecule has 1 aromatic heterocycles. The fourth-order valence-electron chi connectivity index (χ4n) is 5.23. The molecule has 1 heterocycles. The molecule has 4 aromatic carbocycles. The smallest absolute Gasteiger partial charge is 0.303 e. The lowest BCUT2D eigenvalue weighted by Crippen LogP contribution is -2.23. The molecule has 5 rings (SSSR count). The third-order valence-electron chi connectivity index (χ3n) is 7.80. The molecule has 0 bridgehead atoms. The average Bonchev–Trinajstić information content (AvgIpc) is 3.47. The fraction of sp³-hybridized carbons (Fsp3) is 0.225. The third kappa shape index (κ3) is 8.69. The maximum absolute atomic E-state index is 13.8. The number of ketones is 1. The Hall–Kier alpha value is -5.23. The second-order valence-corrected chi connectivity index (χ2v) is 12.7. The van der Waals surface area contributed by atoms with Gasteiger partial charge in [0.25, 0.3) is 0 Å². The van der Waals surface area contributed by atoms with Crippen molar-refractivity contribution in [2.75, 3.05) is 5.32 Å². The first-order chi connectivity index (χ1) is 22.0. The van der Waals surface area contributed by atoms with Crippen LogP contribution in [0.2, 0.25) is 0 Å². The largest absolute Gasteiger partial charge is 0.481 e. The predicted molar refractivity (Wildman–Crippen MR) is 184 cm³/mol. The van der Waals surface area contributed by atoms with Gasteiger partial charge in [0, 0.05) is 35.0 Å². The zero-order chi connectivity index (χ0) is 32.7. The summed E-state index contributed by atoms with van der Waals surface area (Å²) in [5.41, 5.74) is 5.89. The molecule has 1 amide bonds. The van der Waals surface area contributed by atoms with Crippen molar-refractivity contribution >= 4 is 40.4 Å². The molecular formula is C40H39NO5. The number of hydrogen-bond acceptors (Lipinski definition) is 4. The van der Waals surface area contributed by atoms with Crippen molar-refractivity contribution in [2.45, 2.75) is 52.4 Å². The summed E-state index contributed by atoms with van der Waals surface area (Å²) in [6.45, 7) is 6.45. The van der Waals surface area contributed by atoms with Gasteiger partial charge in [0.15, 0.2) is 5.78 Å². The number of hydrogen-bond donors (Lipinski definition) is 2. The summed E-state index contributed by atoms with van der Waals surface area (Å²) in [6, 6.07) is 32.8. The number of benzene rings is 4. The first-order valence-corrected chi connectivity index (χ1v) is 15.6. The van der Waals surface area contributed by atoms with Gasteiger partial charge in [-0.1, -0.05) is 99.7 Å². The first kappa shape index (κ1) is 32.2. The van der Waals surface area contributed by atoms with Gasteiger partial charge in [-0.3, -0.25) is 14.4 Å². The molecule has 0 aliphatic heterocycles. The van der Waals surface area contributed by atoms with Gasteiger partial charge in [-0.2, -0.15) is 0 Å². The van der Waals surface area contributed by atoms with Crippen molar-refractivity contribution in [1.29, 1.82) is 0 Å². The summed E-state index contributed by atoms with van der Waals surface area (Å²) in [5.74, 6) is -0.850. The van der Waals surface area contributed by atoms with Gasteiger partial charge in [-0.25, -0.2) is 0 Å². The van der Waals surface area contributed by atoms with Crippen LogP contribution in [0.3, 0.4) is 0 Å². The summed E-state index contributed by atoms with van der Waals surface area (Å²) >= 11 is 0. The molecule has 234 valence electrons. The van der Waals surface area contributed by atoms with Gasteiger partial charge in [0.05, 0.1) is 5.92 Å². The zero-order valence-electron chi connectivity index (χ0n) is 26.5. The van der Waals surface area contributed by atoms with E-state index in [-0.39, 0.29) is 29.9 Å². The lowest BCUT2D eigenvalue weighted by molar-refractivity contribution is -0.137. The van der Waals surface area contributed by atoms with E-state index in [0.29, 0.717) is 24.1 Å². The Labute approximate surface area is 269 Å². The summed E-state index contributed by atoms with van der Waals surface area (Å²) in [4.78, 5) is 37.2. The van der Waals surface area contributed by atoms with Crippen molar-refractivity contribution in [3.8, 4) is 11.3 Å². The number of furan rings is 1. The van der Waals surface area contributed by atoms with Crippen LogP contribution in [0, 0.1) is 5.41 Å². The second kappa shape index (κ2) is 14.2. The molecule has 5 aromatic rings. The number of para-hydroxylation sites is 1. The van der Waals surface area contributed by atoms with Crippen molar-refractivity contribution in [3.05, 3.63) is 131 Å². The number of nitrogens with one attached hydrogen (secondary N) is 1. The van der Waals surface area contributed by atoms with Crippen LogP contribution in [-0.2, 0) is 16.0 Å². The number of allylic oxidation sites excluding steroid dienone is 1. The van der Waals surface area contributed by atoms with Gasteiger partial charge in [0.2, 0.25) is 5.91 Å². The number of Topliss-reactive ketones (excluding diaryl/α,β-unsaturated/α-hetero) is 1. The van der Waals surface area contributed by atoms with Crippen molar-refractivity contribution in [3.63, 3.8) is 0 Å². The van der Waals surface area contributed by atoms with E-state index in [9.17, 15) is 14.4 Å². The van der Waals surface area contributed by atoms with E-state index in [1.165, 1.54) is 0 Å². The monoisotopic (exact) mass is 613 g/mol. The van der Waals surface area contributed by atoms with Crippen LogP contribution < -0.4 is 5.32 Å². The maximum Gasteiger partial charge on any atom is 0.303 e. The Morgan fingerprint density at radius 2 is 1.54 bits per heavy atom. The van der Waals surface area contributed by atoms with Crippen LogP contribution >= 0.6 is 0 Å². The number of carboxylic acid groups (broad SMARTS) is 1. The molecule has 0 saturated carbocycles. The molecule has 2 N–H and O–H groups in total. The number of rotatable bonds is 12. The molecule has 0 radical (unpaired) electrons. The Kier molecular flexibility index (Phi) is 9.97. The van der Waals surface area contributed by atoms with E-state index >= 15 is 0 Å². The molecule has 6 heteroatoms. The van der Waals surface area contributed by atoms with E-state index in [2.05, 4.69) is 38.2 Å². The highest BCUT2D eigenvalue weighted by atomic mass is 16.4. The summed E-state index contributed by atoms with van der Waals surface area (Å²) < 4.78 is 6.00. The van der Waals surface area contributed by atoms with E-state index in [1.807, 2.05) is 91.0 Å². The standard InChI is InChI=1S/C40H39NO5/c1-40(2,3)24-23-27-11-15-29(16-12-27)34(25-28-13-17-30(18-14-28)35(42)8-6-10-38(43)44)39(45)41-33-21-19-31(20-22-33)37-26-32-7-4-5-9-36(32)46-37/h4-5,7,9,11-24,26,34H,6,8,10,25H2,1-3H3,(H,41,45)(H,43,44)/b24-23+.